The van der Waals surface area contributed by atoms with Crippen LogP contribution in [-0.4, -0.2) is 47.3 Å². The maximum atomic E-state index is 12.5. The van der Waals surface area contributed by atoms with Gasteiger partial charge >= 0.3 is 0 Å². The van der Waals surface area contributed by atoms with Crippen molar-refractivity contribution in [1.82, 2.24) is 15.0 Å². The molecule has 1 aromatic rings. The standard InChI is InChI=1S/C16H23N3O4/c1-10(2)14-17-15(23-18-14)12-4-6-19(7-5-12)16(20)13-11(3)21-8-9-22-13/h10,12H,4-9H2,1-3H3. The Hall–Kier alpha value is -2.05. The highest BCUT2D eigenvalue weighted by atomic mass is 16.6. The Morgan fingerprint density at radius 1 is 1.22 bits per heavy atom. The molecule has 7 nitrogen and oxygen atoms in total. The number of aromatic nitrogens is 2. The van der Waals surface area contributed by atoms with Crippen LogP contribution in [0.25, 0.3) is 0 Å². The summed E-state index contributed by atoms with van der Waals surface area (Å²) in [6, 6.07) is 0. The summed E-state index contributed by atoms with van der Waals surface area (Å²) >= 11 is 0. The van der Waals surface area contributed by atoms with Crippen LogP contribution in [0.5, 0.6) is 0 Å². The minimum Gasteiger partial charge on any atom is -0.491 e. The fourth-order valence-electron chi connectivity index (χ4n) is 2.84. The van der Waals surface area contributed by atoms with Gasteiger partial charge in [0.2, 0.25) is 11.6 Å². The van der Waals surface area contributed by atoms with Gasteiger partial charge < -0.3 is 18.9 Å². The normalized spacial score (nSPS) is 19.7. The molecule has 0 saturated carbocycles. The second kappa shape index (κ2) is 6.60. The van der Waals surface area contributed by atoms with Crippen molar-refractivity contribution in [3.63, 3.8) is 0 Å². The maximum absolute atomic E-state index is 12.5. The molecule has 23 heavy (non-hydrogen) atoms. The van der Waals surface area contributed by atoms with Crippen molar-refractivity contribution in [3.8, 4) is 0 Å². The molecule has 2 aliphatic heterocycles. The number of piperidine rings is 1. The lowest BCUT2D eigenvalue weighted by Gasteiger charge is -2.32. The van der Waals surface area contributed by atoms with Gasteiger partial charge in [-0.15, -0.1) is 0 Å². The van der Waals surface area contributed by atoms with Crippen LogP contribution in [0.1, 0.15) is 57.2 Å². The van der Waals surface area contributed by atoms with Crippen LogP contribution < -0.4 is 0 Å². The summed E-state index contributed by atoms with van der Waals surface area (Å²) in [4.78, 5) is 18.8. The fourth-order valence-corrected chi connectivity index (χ4v) is 2.84. The number of likely N-dealkylation sites (tertiary alicyclic amines) is 1. The van der Waals surface area contributed by atoms with Crippen molar-refractivity contribution < 1.29 is 18.8 Å². The molecule has 1 aromatic heterocycles. The molecule has 3 heterocycles. The molecule has 3 rings (SSSR count). The average Bonchev–Trinajstić information content (AvgIpc) is 3.05. The van der Waals surface area contributed by atoms with E-state index in [1.54, 1.807) is 6.92 Å². The van der Waals surface area contributed by atoms with Crippen molar-refractivity contribution >= 4 is 5.91 Å². The fraction of sp³-hybridized carbons (Fsp3) is 0.688. The summed E-state index contributed by atoms with van der Waals surface area (Å²) in [5.74, 6) is 2.73. The number of allylic oxidation sites excluding steroid dienone is 1. The molecule has 0 unspecified atom stereocenters. The highest BCUT2D eigenvalue weighted by Gasteiger charge is 2.31. The third kappa shape index (κ3) is 3.33. The van der Waals surface area contributed by atoms with Gasteiger partial charge in [0.05, 0.1) is 0 Å². The summed E-state index contributed by atoms with van der Waals surface area (Å²) < 4.78 is 16.2. The number of hydrogen-bond donors (Lipinski definition) is 0. The number of rotatable bonds is 3. The van der Waals surface area contributed by atoms with E-state index in [0.717, 1.165) is 18.7 Å². The predicted octanol–water partition coefficient (Wildman–Crippen LogP) is 2.18. The third-order valence-electron chi connectivity index (χ3n) is 4.27. The average molecular weight is 321 g/mol. The van der Waals surface area contributed by atoms with Crippen LogP contribution in [0.15, 0.2) is 16.0 Å². The molecule has 0 spiro atoms. The first-order valence-electron chi connectivity index (χ1n) is 8.15. The molecular formula is C16H23N3O4. The van der Waals surface area contributed by atoms with E-state index >= 15 is 0 Å². The van der Waals surface area contributed by atoms with Gasteiger partial charge in [0, 0.05) is 24.9 Å². The van der Waals surface area contributed by atoms with Gasteiger partial charge in [0.15, 0.2) is 5.82 Å². The van der Waals surface area contributed by atoms with E-state index < -0.39 is 0 Å². The number of hydrogen-bond acceptors (Lipinski definition) is 6. The van der Waals surface area contributed by atoms with E-state index in [2.05, 4.69) is 10.1 Å². The van der Waals surface area contributed by atoms with Crippen LogP contribution in [0.3, 0.4) is 0 Å². The molecular weight excluding hydrogens is 298 g/mol. The quantitative estimate of drug-likeness (QED) is 0.849. The smallest absolute Gasteiger partial charge is 0.292 e. The predicted molar refractivity (Wildman–Crippen MR) is 81.5 cm³/mol. The lowest BCUT2D eigenvalue weighted by molar-refractivity contribution is -0.133. The van der Waals surface area contributed by atoms with E-state index in [4.69, 9.17) is 14.0 Å². The van der Waals surface area contributed by atoms with Gasteiger partial charge in [0.1, 0.15) is 19.0 Å². The Morgan fingerprint density at radius 2 is 1.91 bits per heavy atom. The summed E-state index contributed by atoms with van der Waals surface area (Å²) in [6.45, 7) is 8.09. The molecule has 126 valence electrons. The second-order valence-electron chi connectivity index (χ2n) is 6.29. The van der Waals surface area contributed by atoms with E-state index in [0.29, 0.717) is 43.7 Å². The number of carbonyl (C=O) groups is 1. The lowest BCUT2D eigenvalue weighted by Crippen LogP contribution is -2.40. The van der Waals surface area contributed by atoms with Crippen molar-refractivity contribution in [2.45, 2.75) is 45.4 Å². The monoisotopic (exact) mass is 321 g/mol. The highest BCUT2D eigenvalue weighted by molar-refractivity contribution is 5.92. The first kappa shape index (κ1) is 15.8. The Labute approximate surface area is 135 Å². The second-order valence-corrected chi connectivity index (χ2v) is 6.29. The Kier molecular flexibility index (Phi) is 4.54. The number of carbonyl (C=O) groups excluding carboxylic acids is 1. The minimum atomic E-state index is -0.0888. The molecule has 1 saturated heterocycles. The maximum Gasteiger partial charge on any atom is 0.292 e. The topological polar surface area (TPSA) is 77.7 Å². The first-order chi connectivity index (χ1) is 11.1. The largest absolute Gasteiger partial charge is 0.491 e. The summed E-state index contributed by atoms with van der Waals surface area (Å²) in [5, 5.41) is 4.02. The summed E-state index contributed by atoms with van der Waals surface area (Å²) in [6.07, 6.45) is 1.64. The SMILES string of the molecule is CC1=C(C(=O)N2CCC(c3nc(C(C)C)no3)CC2)OCCO1. The third-order valence-corrected chi connectivity index (χ3v) is 4.27. The Morgan fingerprint density at radius 3 is 2.52 bits per heavy atom. The molecule has 2 aliphatic rings. The molecule has 0 aromatic carbocycles. The highest BCUT2D eigenvalue weighted by Crippen LogP contribution is 2.29. The molecule has 0 radical (unpaired) electrons. The van der Waals surface area contributed by atoms with Crippen molar-refractivity contribution in [2.24, 2.45) is 0 Å². The first-order valence-corrected chi connectivity index (χ1v) is 8.15. The van der Waals surface area contributed by atoms with Crippen LogP contribution in [0.4, 0.5) is 0 Å². The van der Waals surface area contributed by atoms with E-state index in [1.807, 2.05) is 18.7 Å². The van der Waals surface area contributed by atoms with Gasteiger partial charge in [-0.3, -0.25) is 4.79 Å². The molecule has 0 atom stereocenters. The molecule has 1 amide bonds. The minimum absolute atomic E-state index is 0.0888. The van der Waals surface area contributed by atoms with Crippen molar-refractivity contribution in [2.75, 3.05) is 26.3 Å². The van der Waals surface area contributed by atoms with Crippen molar-refractivity contribution in [3.05, 3.63) is 23.2 Å². The summed E-state index contributed by atoms with van der Waals surface area (Å²) in [5.41, 5.74) is 0. The molecule has 0 bridgehead atoms. The van der Waals surface area contributed by atoms with E-state index in [9.17, 15) is 4.79 Å². The Balaban J connectivity index is 1.60. The number of ether oxygens (including phenoxy) is 2. The van der Waals surface area contributed by atoms with Crippen LogP contribution >= 0.6 is 0 Å². The van der Waals surface area contributed by atoms with Gasteiger partial charge in [-0.1, -0.05) is 19.0 Å². The molecule has 7 heteroatoms. The zero-order chi connectivity index (χ0) is 16.4. The van der Waals surface area contributed by atoms with Crippen molar-refractivity contribution in [1.29, 1.82) is 0 Å². The number of nitrogens with zero attached hydrogens (tertiary/aromatic N) is 3. The lowest BCUT2D eigenvalue weighted by atomic mass is 9.96. The number of amides is 1. The van der Waals surface area contributed by atoms with Crippen LogP contribution in [-0.2, 0) is 14.3 Å². The summed E-state index contributed by atoms with van der Waals surface area (Å²) in [7, 11) is 0. The zero-order valence-corrected chi connectivity index (χ0v) is 13.9. The van der Waals surface area contributed by atoms with Crippen LogP contribution in [0, 0.1) is 0 Å². The zero-order valence-electron chi connectivity index (χ0n) is 13.9. The van der Waals surface area contributed by atoms with Gasteiger partial charge in [-0.05, 0) is 19.8 Å². The van der Waals surface area contributed by atoms with E-state index in [-0.39, 0.29) is 17.7 Å². The van der Waals surface area contributed by atoms with E-state index in [1.165, 1.54) is 0 Å². The van der Waals surface area contributed by atoms with Gasteiger partial charge in [-0.25, -0.2) is 0 Å². The molecule has 0 aliphatic carbocycles. The molecule has 1 fully saturated rings. The molecule has 0 N–H and O–H groups in total. The Bertz CT molecular complexity index is 600. The van der Waals surface area contributed by atoms with Crippen LogP contribution in [0.2, 0.25) is 0 Å². The van der Waals surface area contributed by atoms with Gasteiger partial charge in [0.25, 0.3) is 5.91 Å². The van der Waals surface area contributed by atoms with Gasteiger partial charge in [-0.2, -0.15) is 4.98 Å².